The van der Waals surface area contributed by atoms with Crippen LogP contribution in [0.25, 0.3) is 0 Å². The predicted octanol–water partition coefficient (Wildman–Crippen LogP) is 8.58. The molecule has 0 fully saturated rings. The van der Waals surface area contributed by atoms with Gasteiger partial charge in [0, 0.05) is 52.6 Å². The second-order valence-corrected chi connectivity index (χ2v) is 14.0. The maximum absolute atomic E-state index is 12.7. The Morgan fingerprint density at radius 3 is 0.800 bits per heavy atom. The Balaban J connectivity index is 1.84. The van der Waals surface area contributed by atoms with Crippen molar-refractivity contribution in [2.45, 2.75) is 81.9 Å². The fraction of sp³-hybridized carbons (Fsp3) is 0.417. The van der Waals surface area contributed by atoms with E-state index in [0.717, 1.165) is 33.4 Å². The van der Waals surface area contributed by atoms with Crippen LogP contribution < -0.4 is 0 Å². The molecule has 212 valence electrons. The van der Waals surface area contributed by atoms with Gasteiger partial charge in [0.25, 0.3) is 0 Å². The van der Waals surface area contributed by atoms with Gasteiger partial charge in [-0.1, -0.05) is 135 Å². The third-order valence-electron chi connectivity index (χ3n) is 6.91. The molecule has 3 aromatic rings. The molecule has 0 saturated carbocycles. The van der Waals surface area contributed by atoms with Crippen molar-refractivity contribution >= 4 is 17.3 Å². The van der Waals surface area contributed by atoms with Crippen molar-refractivity contribution in [2.24, 2.45) is 16.2 Å². The van der Waals surface area contributed by atoms with Gasteiger partial charge in [-0.15, -0.1) is 0 Å². The Hall–Kier alpha value is -3.37. The third-order valence-corrected chi connectivity index (χ3v) is 6.91. The van der Waals surface area contributed by atoms with Crippen LogP contribution >= 0.6 is 0 Å². The summed E-state index contributed by atoms with van der Waals surface area (Å²) in [6.45, 7) is 19.5. The average molecular weight is 540 g/mol. The van der Waals surface area contributed by atoms with Crippen LogP contribution in [0, 0.1) is 16.2 Å². The lowest BCUT2D eigenvalue weighted by Gasteiger charge is -2.24. The number of hydrogen-bond donors (Lipinski definition) is 0. The van der Waals surface area contributed by atoms with Crippen LogP contribution in [0.15, 0.2) is 72.8 Å². The summed E-state index contributed by atoms with van der Waals surface area (Å²) < 4.78 is 0. The number of carbonyl (C=O) groups excluding carboxylic acids is 3. The molecule has 0 heterocycles. The Morgan fingerprint density at radius 1 is 0.425 bits per heavy atom. The van der Waals surface area contributed by atoms with Gasteiger partial charge in [0.05, 0.1) is 0 Å². The topological polar surface area (TPSA) is 54.5 Å². The number of ketones is 3. The molecule has 0 amide bonds. The fourth-order valence-corrected chi connectivity index (χ4v) is 4.53. The SMILES string of the molecule is CC(C)(C)C(=O)c1ccc(CN(Cc2ccc(C(=O)C(C)(C)C)cc2)Cc2ccc(C(=O)C(C)(C)C)cc2)cc1. The van der Waals surface area contributed by atoms with Crippen LogP contribution in [0.4, 0.5) is 0 Å². The van der Waals surface area contributed by atoms with Gasteiger partial charge in [-0.2, -0.15) is 0 Å². The van der Waals surface area contributed by atoms with Gasteiger partial charge in [-0.25, -0.2) is 0 Å². The lowest BCUT2D eigenvalue weighted by molar-refractivity contribution is 0.0852. The van der Waals surface area contributed by atoms with Crippen molar-refractivity contribution in [1.82, 2.24) is 4.90 Å². The molecule has 4 heteroatoms. The van der Waals surface area contributed by atoms with Crippen LogP contribution in [0.5, 0.6) is 0 Å². The molecular formula is C36H45NO3. The normalized spacial score (nSPS) is 12.4. The summed E-state index contributed by atoms with van der Waals surface area (Å²) in [4.78, 5) is 40.4. The molecule has 0 radical (unpaired) electrons. The zero-order chi connectivity index (χ0) is 29.9. The van der Waals surface area contributed by atoms with E-state index in [2.05, 4.69) is 4.90 Å². The van der Waals surface area contributed by atoms with Crippen molar-refractivity contribution in [3.8, 4) is 0 Å². The number of rotatable bonds is 9. The van der Waals surface area contributed by atoms with Crippen molar-refractivity contribution in [1.29, 1.82) is 0 Å². The first-order valence-corrected chi connectivity index (χ1v) is 14.1. The molecule has 3 rings (SSSR count). The number of carbonyl (C=O) groups is 3. The molecule has 0 aromatic heterocycles. The minimum Gasteiger partial charge on any atom is -0.294 e. The molecule has 0 aliphatic carbocycles. The Bertz CT molecular complexity index is 1160. The molecule has 4 nitrogen and oxygen atoms in total. The Kier molecular flexibility index (Phi) is 9.36. The van der Waals surface area contributed by atoms with E-state index < -0.39 is 16.2 Å². The van der Waals surface area contributed by atoms with E-state index in [1.807, 2.05) is 135 Å². The first kappa shape index (κ1) is 31.2. The summed E-state index contributed by atoms with van der Waals surface area (Å²) in [7, 11) is 0. The zero-order valence-corrected chi connectivity index (χ0v) is 25.7. The van der Waals surface area contributed by atoms with E-state index in [9.17, 15) is 14.4 Å². The molecule has 3 aromatic carbocycles. The molecule has 0 aliphatic rings. The van der Waals surface area contributed by atoms with Crippen molar-refractivity contribution in [3.05, 3.63) is 106 Å². The minimum absolute atomic E-state index is 0.130. The average Bonchev–Trinajstić information content (AvgIpc) is 2.87. The first-order chi connectivity index (χ1) is 18.4. The maximum atomic E-state index is 12.7. The highest BCUT2D eigenvalue weighted by Gasteiger charge is 2.25. The maximum Gasteiger partial charge on any atom is 0.168 e. The number of benzene rings is 3. The summed E-state index contributed by atoms with van der Waals surface area (Å²) in [6.07, 6.45) is 0. The summed E-state index contributed by atoms with van der Waals surface area (Å²) in [5.41, 5.74) is 4.25. The Morgan fingerprint density at radius 2 is 0.625 bits per heavy atom. The van der Waals surface area contributed by atoms with E-state index in [-0.39, 0.29) is 17.3 Å². The Labute approximate surface area is 240 Å². The third kappa shape index (κ3) is 8.32. The summed E-state index contributed by atoms with van der Waals surface area (Å²) in [5, 5.41) is 0. The first-order valence-electron chi connectivity index (χ1n) is 14.1. The highest BCUT2D eigenvalue weighted by molar-refractivity contribution is 6.00. The van der Waals surface area contributed by atoms with Gasteiger partial charge in [0.1, 0.15) is 0 Å². The lowest BCUT2D eigenvalue weighted by atomic mass is 9.86. The van der Waals surface area contributed by atoms with Crippen LogP contribution in [0.2, 0.25) is 0 Å². The molecule has 0 saturated heterocycles. The van der Waals surface area contributed by atoms with E-state index in [0.29, 0.717) is 19.6 Å². The van der Waals surface area contributed by atoms with E-state index in [1.54, 1.807) is 0 Å². The van der Waals surface area contributed by atoms with E-state index >= 15 is 0 Å². The standard InChI is InChI=1S/C36H45NO3/c1-34(2,3)31(38)28-16-10-25(11-17-28)22-37(23-26-12-18-29(19-13-26)32(39)35(4,5)6)24-27-14-20-30(21-15-27)33(40)36(7,8)9/h10-21H,22-24H2,1-9H3. The molecule has 0 bridgehead atoms. The van der Waals surface area contributed by atoms with Crippen LogP contribution in [-0.2, 0) is 19.6 Å². The van der Waals surface area contributed by atoms with Crippen molar-refractivity contribution in [3.63, 3.8) is 0 Å². The number of nitrogens with zero attached hydrogens (tertiary/aromatic N) is 1. The van der Waals surface area contributed by atoms with E-state index in [4.69, 9.17) is 0 Å². The quantitative estimate of drug-likeness (QED) is 0.256. The van der Waals surface area contributed by atoms with Gasteiger partial charge in [-0.05, 0) is 16.7 Å². The van der Waals surface area contributed by atoms with Gasteiger partial charge < -0.3 is 0 Å². The van der Waals surface area contributed by atoms with Crippen molar-refractivity contribution < 1.29 is 14.4 Å². The van der Waals surface area contributed by atoms with Crippen LogP contribution in [0.1, 0.15) is 110 Å². The largest absolute Gasteiger partial charge is 0.294 e. The van der Waals surface area contributed by atoms with Gasteiger partial charge in [0.2, 0.25) is 0 Å². The van der Waals surface area contributed by atoms with Crippen LogP contribution in [-0.4, -0.2) is 22.2 Å². The molecule has 0 atom stereocenters. The van der Waals surface area contributed by atoms with Gasteiger partial charge in [-0.3, -0.25) is 19.3 Å². The van der Waals surface area contributed by atoms with E-state index in [1.165, 1.54) is 0 Å². The molecule has 0 spiro atoms. The highest BCUT2D eigenvalue weighted by Crippen LogP contribution is 2.25. The fourth-order valence-electron chi connectivity index (χ4n) is 4.53. The number of hydrogen-bond acceptors (Lipinski definition) is 4. The second-order valence-electron chi connectivity index (χ2n) is 14.0. The van der Waals surface area contributed by atoms with Crippen LogP contribution in [0.3, 0.4) is 0 Å². The predicted molar refractivity (Wildman–Crippen MR) is 164 cm³/mol. The van der Waals surface area contributed by atoms with Gasteiger partial charge >= 0.3 is 0 Å². The molecule has 0 N–H and O–H groups in total. The minimum atomic E-state index is -0.422. The molecule has 0 unspecified atom stereocenters. The van der Waals surface area contributed by atoms with Gasteiger partial charge in [0.15, 0.2) is 17.3 Å². The lowest BCUT2D eigenvalue weighted by Crippen LogP contribution is -2.24. The second kappa shape index (κ2) is 12.0. The summed E-state index contributed by atoms with van der Waals surface area (Å²) in [6, 6.07) is 23.7. The molecular weight excluding hydrogens is 494 g/mol. The number of Topliss-reactive ketones (excluding diaryl/α,β-unsaturated/α-hetero) is 3. The zero-order valence-electron chi connectivity index (χ0n) is 25.7. The molecule has 40 heavy (non-hydrogen) atoms. The highest BCUT2D eigenvalue weighted by atomic mass is 16.1. The van der Waals surface area contributed by atoms with Crippen molar-refractivity contribution in [2.75, 3.05) is 0 Å². The smallest absolute Gasteiger partial charge is 0.168 e. The monoisotopic (exact) mass is 539 g/mol. The summed E-state index contributed by atoms with van der Waals surface area (Å²) in [5.74, 6) is 0.391. The molecule has 0 aliphatic heterocycles. The summed E-state index contributed by atoms with van der Waals surface area (Å²) >= 11 is 0.